The fourth-order valence-corrected chi connectivity index (χ4v) is 4.47. The molecule has 1 aromatic heterocycles. The van der Waals surface area contributed by atoms with Crippen LogP contribution >= 0.6 is 0 Å². The molecule has 0 bridgehead atoms. The summed E-state index contributed by atoms with van der Waals surface area (Å²) in [5.41, 5.74) is 10.00. The number of methoxy groups -OCH3 is 1. The molecule has 0 saturated carbocycles. The van der Waals surface area contributed by atoms with Crippen LogP contribution in [-0.2, 0) is 0 Å². The van der Waals surface area contributed by atoms with E-state index in [9.17, 15) is 4.79 Å². The smallest absolute Gasteiger partial charge is 0.259 e. The SMILES string of the molecule is COc1ncccc1C(=O)N1CCCC(C2NNCC2c2ccc(C)cc2)C1. The quantitative estimate of drug-likeness (QED) is 0.853. The summed E-state index contributed by atoms with van der Waals surface area (Å²) < 4.78 is 5.29. The molecule has 2 N–H and O–H groups in total. The number of ether oxygens (including phenoxy) is 1. The van der Waals surface area contributed by atoms with Gasteiger partial charge in [0.2, 0.25) is 5.88 Å². The van der Waals surface area contributed by atoms with Crippen molar-refractivity contribution < 1.29 is 9.53 Å². The average molecular weight is 380 g/mol. The number of aromatic nitrogens is 1. The summed E-state index contributed by atoms with van der Waals surface area (Å²) in [5, 5.41) is 0. The van der Waals surface area contributed by atoms with E-state index in [-0.39, 0.29) is 5.91 Å². The second-order valence-corrected chi connectivity index (χ2v) is 7.78. The molecular formula is C22H28N4O2. The van der Waals surface area contributed by atoms with E-state index in [2.05, 4.69) is 47.0 Å². The van der Waals surface area contributed by atoms with Crippen molar-refractivity contribution in [2.75, 3.05) is 26.7 Å². The van der Waals surface area contributed by atoms with Gasteiger partial charge in [0, 0.05) is 37.8 Å². The number of pyridine rings is 1. The van der Waals surface area contributed by atoms with E-state index in [1.54, 1.807) is 25.4 Å². The highest BCUT2D eigenvalue weighted by atomic mass is 16.5. The van der Waals surface area contributed by atoms with Crippen LogP contribution in [0.25, 0.3) is 0 Å². The number of nitrogens with one attached hydrogen (secondary N) is 2. The van der Waals surface area contributed by atoms with Crippen LogP contribution in [0.1, 0.15) is 40.2 Å². The van der Waals surface area contributed by atoms with Crippen molar-refractivity contribution in [1.82, 2.24) is 20.7 Å². The van der Waals surface area contributed by atoms with Gasteiger partial charge in [-0.1, -0.05) is 29.8 Å². The van der Waals surface area contributed by atoms with E-state index in [0.717, 1.165) is 32.5 Å². The van der Waals surface area contributed by atoms with Crippen LogP contribution in [-0.4, -0.2) is 48.6 Å². The molecule has 3 atom stereocenters. The first kappa shape index (κ1) is 18.9. The van der Waals surface area contributed by atoms with Gasteiger partial charge in [0.1, 0.15) is 5.56 Å². The maximum atomic E-state index is 13.1. The minimum Gasteiger partial charge on any atom is -0.480 e. The van der Waals surface area contributed by atoms with Crippen molar-refractivity contribution in [3.8, 4) is 5.88 Å². The molecule has 2 aliphatic heterocycles. The van der Waals surface area contributed by atoms with Gasteiger partial charge in [-0.15, -0.1) is 0 Å². The number of aryl methyl sites for hydroxylation is 1. The van der Waals surface area contributed by atoms with Crippen LogP contribution in [0.2, 0.25) is 0 Å². The fourth-order valence-electron chi connectivity index (χ4n) is 4.47. The first-order valence-electron chi connectivity index (χ1n) is 10.0. The number of benzene rings is 1. The summed E-state index contributed by atoms with van der Waals surface area (Å²) in [6.07, 6.45) is 3.78. The van der Waals surface area contributed by atoms with Crippen molar-refractivity contribution in [2.45, 2.75) is 31.7 Å². The summed E-state index contributed by atoms with van der Waals surface area (Å²) in [5.74, 6) is 1.22. The lowest BCUT2D eigenvalue weighted by atomic mass is 9.81. The molecular weight excluding hydrogens is 352 g/mol. The highest BCUT2D eigenvalue weighted by Crippen LogP contribution is 2.32. The topological polar surface area (TPSA) is 66.5 Å². The Morgan fingerprint density at radius 2 is 2.07 bits per heavy atom. The summed E-state index contributed by atoms with van der Waals surface area (Å²) in [4.78, 5) is 19.2. The van der Waals surface area contributed by atoms with E-state index in [0.29, 0.717) is 29.3 Å². The van der Waals surface area contributed by atoms with Crippen molar-refractivity contribution in [3.05, 3.63) is 59.3 Å². The fraction of sp³-hybridized carbons (Fsp3) is 0.455. The van der Waals surface area contributed by atoms with E-state index >= 15 is 0 Å². The highest BCUT2D eigenvalue weighted by Gasteiger charge is 2.38. The lowest BCUT2D eigenvalue weighted by molar-refractivity contribution is 0.0640. The molecule has 4 rings (SSSR count). The zero-order valence-electron chi connectivity index (χ0n) is 16.5. The van der Waals surface area contributed by atoms with Crippen molar-refractivity contribution in [3.63, 3.8) is 0 Å². The molecule has 6 nitrogen and oxygen atoms in total. The zero-order valence-corrected chi connectivity index (χ0v) is 16.5. The Kier molecular flexibility index (Phi) is 5.59. The maximum absolute atomic E-state index is 13.1. The molecule has 2 aromatic rings. The standard InChI is InChI=1S/C22H28N4O2/c1-15-7-9-16(10-8-15)19-13-24-25-20(19)17-5-4-12-26(14-17)22(27)18-6-3-11-23-21(18)28-2/h3,6-11,17,19-20,24-25H,4-5,12-14H2,1-2H3. The molecule has 2 aliphatic rings. The predicted octanol–water partition coefficient (Wildman–Crippen LogP) is 2.51. The largest absolute Gasteiger partial charge is 0.480 e. The molecule has 148 valence electrons. The number of hydrazine groups is 1. The van der Waals surface area contributed by atoms with E-state index in [4.69, 9.17) is 4.74 Å². The van der Waals surface area contributed by atoms with Crippen molar-refractivity contribution in [2.24, 2.45) is 5.92 Å². The Morgan fingerprint density at radius 1 is 1.25 bits per heavy atom. The molecule has 2 fully saturated rings. The van der Waals surface area contributed by atoms with E-state index in [1.165, 1.54) is 11.1 Å². The zero-order chi connectivity index (χ0) is 19.5. The maximum Gasteiger partial charge on any atom is 0.259 e. The number of likely N-dealkylation sites (tertiary alicyclic amines) is 1. The number of nitrogens with zero attached hydrogens (tertiary/aromatic N) is 2. The van der Waals surface area contributed by atoms with Gasteiger partial charge in [0.25, 0.3) is 5.91 Å². The number of hydrogen-bond acceptors (Lipinski definition) is 5. The molecule has 1 amide bonds. The molecule has 0 spiro atoms. The van der Waals surface area contributed by atoms with Gasteiger partial charge in [-0.2, -0.15) is 0 Å². The number of hydrogen-bond donors (Lipinski definition) is 2. The first-order valence-corrected chi connectivity index (χ1v) is 10.0. The number of amides is 1. The lowest BCUT2D eigenvalue weighted by Gasteiger charge is -2.37. The number of piperidine rings is 1. The molecule has 0 radical (unpaired) electrons. The minimum absolute atomic E-state index is 0.00694. The van der Waals surface area contributed by atoms with Gasteiger partial charge in [0.05, 0.1) is 7.11 Å². The van der Waals surface area contributed by atoms with Crippen LogP contribution in [0.4, 0.5) is 0 Å². The van der Waals surface area contributed by atoms with Crippen LogP contribution in [0, 0.1) is 12.8 Å². The second kappa shape index (κ2) is 8.29. The van der Waals surface area contributed by atoms with Gasteiger partial charge in [-0.25, -0.2) is 4.98 Å². The first-order chi connectivity index (χ1) is 13.7. The van der Waals surface area contributed by atoms with E-state index in [1.807, 2.05) is 4.90 Å². The van der Waals surface area contributed by atoms with Gasteiger partial charge in [-0.05, 0) is 43.4 Å². The Morgan fingerprint density at radius 3 is 2.86 bits per heavy atom. The lowest BCUT2D eigenvalue weighted by Crippen LogP contribution is -2.48. The van der Waals surface area contributed by atoms with Crippen molar-refractivity contribution >= 4 is 5.91 Å². The number of rotatable bonds is 4. The van der Waals surface area contributed by atoms with Gasteiger partial charge in [0.15, 0.2) is 0 Å². The Bertz CT molecular complexity index is 824. The number of carbonyl (C=O) groups is 1. The molecule has 3 heterocycles. The van der Waals surface area contributed by atoms with Crippen LogP contribution in [0.3, 0.4) is 0 Å². The third-order valence-corrected chi connectivity index (χ3v) is 5.98. The molecule has 2 saturated heterocycles. The number of carbonyl (C=O) groups excluding carboxylic acids is 1. The third kappa shape index (κ3) is 3.75. The van der Waals surface area contributed by atoms with Gasteiger partial charge in [-0.3, -0.25) is 15.6 Å². The van der Waals surface area contributed by atoms with Gasteiger partial charge >= 0.3 is 0 Å². The molecule has 3 unspecified atom stereocenters. The Labute approximate surface area is 166 Å². The third-order valence-electron chi connectivity index (χ3n) is 5.98. The van der Waals surface area contributed by atoms with Gasteiger partial charge < -0.3 is 9.64 Å². The molecule has 0 aliphatic carbocycles. The highest BCUT2D eigenvalue weighted by molar-refractivity contribution is 5.96. The van der Waals surface area contributed by atoms with E-state index < -0.39 is 0 Å². The summed E-state index contributed by atoms with van der Waals surface area (Å²) in [6.45, 7) is 4.56. The average Bonchev–Trinajstić information content (AvgIpc) is 3.24. The van der Waals surface area contributed by atoms with Crippen molar-refractivity contribution in [1.29, 1.82) is 0 Å². The Balaban J connectivity index is 1.50. The minimum atomic E-state index is 0.00694. The second-order valence-electron chi connectivity index (χ2n) is 7.78. The monoisotopic (exact) mass is 380 g/mol. The Hall–Kier alpha value is -2.44. The summed E-state index contributed by atoms with van der Waals surface area (Å²) in [6, 6.07) is 12.7. The predicted molar refractivity (Wildman–Crippen MR) is 108 cm³/mol. The summed E-state index contributed by atoms with van der Waals surface area (Å²) >= 11 is 0. The summed E-state index contributed by atoms with van der Waals surface area (Å²) in [7, 11) is 1.55. The molecule has 28 heavy (non-hydrogen) atoms. The van der Waals surface area contributed by atoms with Crippen LogP contribution in [0.5, 0.6) is 5.88 Å². The van der Waals surface area contributed by atoms with Crippen LogP contribution in [0.15, 0.2) is 42.6 Å². The van der Waals surface area contributed by atoms with Crippen LogP contribution < -0.4 is 15.6 Å². The molecule has 1 aromatic carbocycles. The normalized spacial score (nSPS) is 24.9. The molecule has 6 heteroatoms.